The van der Waals surface area contributed by atoms with Crippen molar-refractivity contribution in [3.8, 4) is 0 Å². The van der Waals surface area contributed by atoms with Gasteiger partial charge in [0, 0.05) is 17.6 Å². The standard InChI is InChI=1S/C15H23NO/c1-13-7-3-4-8-14(13)16-11-15(12-17)9-5-2-6-10-15/h3-4,7-8,16-17H,2,5-6,9-12H2,1H3. The Morgan fingerprint density at radius 2 is 1.88 bits per heavy atom. The first kappa shape index (κ1) is 12.4. The van der Waals surface area contributed by atoms with Gasteiger partial charge in [-0.05, 0) is 31.4 Å². The molecular weight excluding hydrogens is 210 g/mol. The highest BCUT2D eigenvalue weighted by atomic mass is 16.3. The van der Waals surface area contributed by atoms with Gasteiger partial charge in [-0.3, -0.25) is 0 Å². The first-order valence-electron chi connectivity index (χ1n) is 6.66. The second kappa shape index (κ2) is 5.54. The van der Waals surface area contributed by atoms with Crippen LogP contribution in [-0.4, -0.2) is 18.3 Å². The molecule has 94 valence electrons. The Morgan fingerprint density at radius 1 is 1.18 bits per heavy atom. The molecule has 1 aliphatic rings. The third kappa shape index (κ3) is 3.01. The van der Waals surface area contributed by atoms with Crippen molar-refractivity contribution in [2.75, 3.05) is 18.5 Å². The Bertz CT molecular complexity index is 356. The number of hydrogen-bond donors (Lipinski definition) is 2. The summed E-state index contributed by atoms with van der Waals surface area (Å²) in [5.41, 5.74) is 2.59. The van der Waals surface area contributed by atoms with Crippen LogP contribution >= 0.6 is 0 Å². The van der Waals surface area contributed by atoms with E-state index in [1.165, 1.54) is 30.5 Å². The summed E-state index contributed by atoms with van der Waals surface area (Å²) in [6, 6.07) is 8.35. The number of hydrogen-bond acceptors (Lipinski definition) is 2. The molecule has 2 N–H and O–H groups in total. The van der Waals surface area contributed by atoms with Crippen molar-refractivity contribution in [3.05, 3.63) is 29.8 Å². The van der Waals surface area contributed by atoms with Crippen LogP contribution in [0.3, 0.4) is 0 Å². The fourth-order valence-corrected chi connectivity index (χ4v) is 2.75. The summed E-state index contributed by atoms with van der Waals surface area (Å²) in [6.45, 7) is 3.33. The van der Waals surface area contributed by atoms with E-state index >= 15 is 0 Å². The van der Waals surface area contributed by atoms with E-state index in [1.54, 1.807) is 0 Å². The maximum absolute atomic E-state index is 9.65. The lowest BCUT2D eigenvalue weighted by Crippen LogP contribution is -2.35. The molecule has 0 amide bonds. The largest absolute Gasteiger partial charge is 0.396 e. The van der Waals surface area contributed by atoms with E-state index in [9.17, 15) is 5.11 Å². The minimum absolute atomic E-state index is 0.112. The molecular formula is C15H23NO. The van der Waals surface area contributed by atoms with Crippen LogP contribution in [0.25, 0.3) is 0 Å². The molecule has 1 fully saturated rings. The molecule has 0 spiro atoms. The van der Waals surface area contributed by atoms with Crippen molar-refractivity contribution >= 4 is 5.69 Å². The molecule has 0 bridgehead atoms. The Hall–Kier alpha value is -1.02. The topological polar surface area (TPSA) is 32.3 Å². The minimum atomic E-state index is 0.112. The van der Waals surface area contributed by atoms with E-state index in [4.69, 9.17) is 0 Å². The van der Waals surface area contributed by atoms with Crippen LogP contribution in [0.2, 0.25) is 0 Å². The number of benzene rings is 1. The van der Waals surface area contributed by atoms with Gasteiger partial charge >= 0.3 is 0 Å². The predicted octanol–water partition coefficient (Wildman–Crippen LogP) is 3.35. The van der Waals surface area contributed by atoms with Gasteiger partial charge in [-0.1, -0.05) is 37.5 Å². The Morgan fingerprint density at radius 3 is 2.53 bits per heavy atom. The average Bonchev–Trinajstić information content (AvgIpc) is 2.39. The van der Waals surface area contributed by atoms with Gasteiger partial charge in [0.15, 0.2) is 0 Å². The molecule has 1 saturated carbocycles. The average molecular weight is 233 g/mol. The van der Waals surface area contributed by atoms with Crippen molar-refractivity contribution in [1.29, 1.82) is 0 Å². The van der Waals surface area contributed by atoms with Crippen LogP contribution in [0.5, 0.6) is 0 Å². The monoisotopic (exact) mass is 233 g/mol. The molecule has 2 rings (SSSR count). The van der Waals surface area contributed by atoms with Crippen molar-refractivity contribution < 1.29 is 5.11 Å². The van der Waals surface area contributed by atoms with Crippen LogP contribution in [-0.2, 0) is 0 Å². The lowest BCUT2D eigenvalue weighted by Gasteiger charge is -2.36. The molecule has 2 heteroatoms. The van der Waals surface area contributed by atoms with E-state index < -0.39 is 0 Å². The number of nitrogens with one attached hydrogen (secondary N) is 1. The van der Waals surface area contributed by atoms with Crippen LogP contribution in [0.4, 0.5) is 5.69 Å². The lowest BCUT2D eigenvalue weighted by atomic mass is 9.74. The molecule has 0 aliphatic heterocycles. The SMILES string of the molecule is Cc1ccccc1NCC1(CO)CCCCC1. The minimum Gasteiger partial charge on any atom is -0.396 e. The molecule has 0 aromatic heterocycles. The fourth-order valence-electron chi connectivity index (χ4n) is 2.75. The number of aliphatic hydroxyl groups excluding tert-OH is 1. The molecule has 1 aliphatic carbocycles. The van der Waals surface area contributed by atoms with Crippen molar-refractivity contribution in [2.24, 2.45) is 5.41 Å². The third-order valence-corrected chi connectivity index (χ3v) is 4.05. The van der Waals surface area contributed by atoms with Crippen molar-refractivity contribution in [2.45, 2.75) is 39.0 Å². The van der Waals surface area contributed by atoms with Crippen molar-refractivity contribution in [3.63, 3.8) is 0 Å². The predicted molar refractivity (Wildman–Crippen MR) is 72.3 cm³/mol. The van der Waals surface area contributed by atoms with Crippen LogP contribution in [0, 0.1) is 12.3 Å². The van der Waals surface area contributed by atoms with Gasteiger partial charge in [0.25, 0.3) is 0 Å². The second-order valence-electron chi connectivity index (χ2n) is 5.39. The number of anilines is 1. The normalized spacial score (nSPS) is 18.9. The van der Waals surface area contributed by atoms with E-state index in [0.717, 1.165) is 19.4 Å². The van der Waals surface area contributed by atoms with E-state index in [-0.39, 0.29) is 5.41 Å². The summed E-state index contributed by atoms with van der Waals surface area (Å²) in [5.74, 6) is 0. The zero-order valence-corrected chi connectivity index (χ0v) is 10.7. The van der Waals surface area contributed by atoms with E-state index in [0.29, 0.717) is 6.61 Å². The summed E-state index contributed by atoms with van der Waals surface area (Å²) in [7, 11) is 0. The number of aliphatic hydroxyl groups is 1. The van der Waals surface area contributed by atoms with Gasteiger partial charge in [-0.2, -0.15) is 0 Å². The first-order chi connectivity index (χ1) is 8.26. The molecule has 0 unspecified atom stereocenters. The highest BCUT2D eigenvalue weighted by Crippen LogP contribution is 2.36. The zero-order chi connectivity index (χ0) is 12.1. The summed E-state index contributed by atoms with van der Waals surface area (Å²) >= 11 is 0. The highest BCUT2D eigenvalue weighted by molar-refractivity contribution is 5.50. The van der Waals surface area contributed by atoms with Gasteiger partial charge in [-0.15, -0.1) is 0 Å². The summed E-state index contributed by atoms with van der Waals surface area (Å²) < 4.78 is 0. The first-order valence-corrected chi connectivity index (χ1v) is 6.66. The van der Waals surface area contributed by atoms with Crippen LogP contribution < -0.4 is 5.32 Å². The van der Waals surface area contributed by atoms with Gasteiger partial charge < -0.3 is 10.4 Å². The molecule has 0 radical (unpaired) electrons. The molecule has 0 heterocycles. The molecule has 1 aromatic carbocycles. The Labute approximate surface area is 104 Å². The molecule has 0 saturated heterocycles. The molecule has 2 nitrogen and oxygen atoms in total. The highest BCUT2D eigenvalue weighted by Gasteiger charge is 2.31. The van der Waals surface area contributed by atoms with Crippen LogP contribution in [0.1, 0.15) is 37.7 Å². The number of aryl methyl sites for hydroxylation is 1. The van der Waals surface area contributed by atoms with Crippen LogP contribution in [0.15, 0.2) is 24.3 Å². The molecule has 1 aromatic rings. The van der Waals surface area contributed by atoms with Gasteiger partial charge in [0.2, 0.25) is 0 Å². The van der Waals surface area contributed by atoms with Gasteiger partial charge in [0.05, 0.1) is 6.61 Å². The van der Waals surface area contributed by atoms with Gasteiger partial charge in [-0.25, -0.2) is 0 Å². The maximum Gasteiger partial charge on any atom is 0.0504 e. The summed E-state index contributed by atoms with van der Waals surface area (Å²) in [6.07, 6.45) is 6.16. The van der Waals surface area contributed by atoms with E-state index in [1.807, 2.05) is 0 Å². The Kier molecular flexibility index (Phi) is 4.06. The molecule has 0 atom stereocenters. The maximum atomic E-state index is 9.65. The Balaban J connectivity index is 1.98. The summed E-state index contributed by atoms with van der Waals surface area (Å²) in [4.78, 5) is 0. The fraction of sp³-hybridized carbons (Fsp3) is 0.600. The van der Waals surface area contributed by atoms with Crippen molar-refractivity contribution in [1.82, 2.24) is 0 Å². The smallest absolute Gasteiger partial charge is 0.0504 e. The zero-order valence-electron chi connectivity index (χ0n) is 10.7. The number of rotatable bonds is 4. The third-order valence-electron chi connectivity index (χ3n) is 4.05. The van der Waals surface area contributed by atoms with Gasteiger partial charge in [0.1, 0.15) is 0 Å². The second-order valence-corrected chi connectivity index (χ2v) is 5.39. The number of para-hydroxylation sites is 1. The summed E-state index contributed by atoms with van der Waals surface area (Å²) in [5, 5.41) is 13.2. The molecule has 17 heavy (non-hydrogen) atoms. The lowest BCUT2D eigenvalue weighted by molar-refractivity contribution is 0.0944. The van der Waals surface area contributed by atoms with E-state index in [2.05, 4.69) is 36.5 Å². The quantitative estimate of drug-likeness (QED) is 0.836.